The zero-order chi connectivity index (χ0) is 12.8. The maximum atomic E-state index is 5.41. The van der Waals surface area contributed by atoms with E-state index >= 15 is 0 Å². The van der Waals surface area contributed by atoms with Crippen LogP contribution in [0.3, 0.4) is 0 Å². The molecule has 3 heteroatoms. The lowest BCUT2D eigenvalue weighted by Crippen LogP contribution is -2.26. The average Bonchev–Trinajstić information content (AvgIpc) is 2.94. The second kappa shape index (κ2) is 6.04. The Morgan fingerprint density at radius 1 is 1.39 bits per heavy atom. The van der Waals surface area contributed by atoms with Crippen LogP contribution in [0.4, 0.5) is 0 Å². The van der Waals surface area contributed by atoms with E-state index in [9.17, 15) is 0 Å². The van der Waals surface area contributed by atoms with Gasteiger partial charge in [0.1, 0.15) is 0 Å². The fourth-order valence-corrected chi connectivity index (χ4v) is 1.76. The quantitative estimate of drug-likeness (QED) is 0.812. The SMILES string of the molecule is C#CC(CC)NCc1ccc(-n2ccnc2)cc1. The van der Waals surface area contributed by atoms with Crippen LogP contribution in [0.5, 0.6) is 0 Å². The molecule has 0 aliphatic carbocycles. The number of nitrogens with one attached hydrogen (secondary N) is 1. The molecule has 0 radical (unpaired) electrons. The van der Waals surface area contributed by atoms with Crippen molar-refractivity contribution in [1.82, 2.24) is 14.9 Å². The monoisotopic (exact) mass is 239 g/mol. The summed E-state index contributed by atoms with van der Waals surface area (Å²) in [6.07, 6.45) is 11.9. The van der Waals surface area contributed by atoms with Crippen molar-refractivity contribution in [3.8, 4) is 18.0 Å². The lowest BCUT2D eigenvalue weighted by Gasteiger charge is -2.11. The molecular weight excluding hydrogens is 222 g/mol. The average molecular weight is 239 g/mol. The zero-order valence-electron chi connectivity index (χ0n) is 10.5. The molecule has 1 aromatic heterocycles. The summed E-state index contributed by atoms with van der Waals surface area (Å²) in [6, 6.07) is 8.51. The maximum absolute atomic E-state index is 5.41. The molecule has 0 amide bonds. The van der Waals surface area contributed by atoms with Crippen LogP contribution in [-0.4, -0.2) is 15.6 Å². The highest BCUT2D eigenvalue weighted by atomic mass is 15.0. The van der Waals surface area contributed by atoms with Gasteiger partial charge >= 0.3 is 0 Å². The lowest BCUT2D eigenvalue weighted by atomic mass is 10.1. The Balaban J connectivity index is 1.98. The summed E-state index contributed by atoms with van der Waals surface area (Å²) in [7, 11) is 0. The van der Waals surface area contributed by atoms with Crippen molar-refractivity contribution >= 4 is 0 Å². The molecule has 0 fully saturated rings. The Labute approximate surface area is 108 Å². The summed E-state index contributed by atoms with van der Waals surface area (Å²) in [6.45, 7) is 2.88. The second-order valence-corrected chi connectivity index (χ2v) is 4.14. The Bertz CT molecular complexity index is 506. The number of imidazole rings is 1. The molecule has 0 aliphatic rings. The summed E-state index contributed by atoms with van der Waals surface area (Å²) < 4.78 is 1.98. The van der Waals surface area contributed by atoms with Gasteiger partial charge in [-0.25, -0.2) is 4.98 Å². The Kier molecular flexibility index (Phi) is 4.16. The number of hydrogen-bond acceptors (Lipinski definition) is 2. The fourth-order valence-electron chi connectivity index (χ4n) is 1.76. The van der Waals surface area contributed by atoms with Crippen LogP contribution in [0.2, 0.25) is 0 Å². The van der Waals surface area contributed by atoms with Crippen molar-refractivity contribution in [2.24, 2.45) is 0 Å². The molecule has 0 bridgehead atoms. The van der Waals surface area contributed by atoms with Crippen molar-refractivity contribution in [3.63, 3.8) is 0 Å². The molecule has 92 valence electrons. The molecule has 3 nitrogen and oxygen atoms in total. The van der Waals surface area contributed by atoms with E-state index in [4.69, 9.17) is 6.42 Å². The van der Waals surface area contributed by atoms with Crippen LogP contribution in [-0.2, 0) is 6.54 Å². The van der Waals surface area contributed by atoms with Gasteiger partial charge in [-0.15, -0.1) is 6.42 Å². The third-order valence-corrected chi connectivity index (χ3v) is 2.90. The molecule has 1 heterocycles. The molecule has 1 aromatic carbocycles. The number of terminal acetylenes is 1. The van der Waals surface area contributed by atoms with E-state index in [0.717, 1.165) is 18.7 Å². The second-order valence-electron chi connectivity index (χ2n) is 4.14. The Hall–Kier alpha value is -2.05. The van der Waals surface area contributed by atoms with E-state index in [2.05, 4.69) is 47.4 Å². The van der Waals surface area contributed by atoms with Crippen LogP contribution >= 0.6 is 0 Å². The van der Waals surface area contributed by atoms with E-state index < -0.39 is 0 Å². The van der Waals surface area contributed by atoms with Gasteiger partial charge in [-0.3, -0.25) is 5.32 Å². The summed E-state index contributed by atoms with van der Waals surface area (Å²) >= 11 is 0. The van der Waals surface area contributed by atoms with Crippen LogP contribution in [0.15, 0.2) is 43.0 Å². The molecule has 18 heavy (non-hydrogen) atoms. The minimum absolute atomic E-state index is 0.151. The van der Waals surface area contributed by atoms with E-state index in [-0.39, 0.29) is 6.04 Å². The van der Waals surface area contributed by atoms with Gasteiger partial charge < -0.3 is 4.57 Å². The largest absolute Gasteiger partial charge is 0.306 e. The molecule has 2 aromatic rings. The molecule has 0 aliphatic heterocycles. The standard InChI is InChI=1S/C15H17N3/c1-3-14(4-2)17-11-13-5-7-15(8-6-13)18-10-9-16-12-18/h1,5-10,12,14,17H,4,11H2,2H3. The number of hydrogen-bond donors (Lipinski definition) is 1. The lowest BCUT2D eigenvalue weighted by molar-refractivity contribution is 0.592. The highest BCUT2D eigenvalue weighted by molar-refractivity contribution is 5.34. The first-order valence-electron chi connectivity index (χ1n) is 6.10. The van der Waals surface area contributed by atoms with Crippen molar-refractivity contribution in [2.75, 3.05) is 0 Å². The van der Waals surface area contributed by atoms with E-state index in [1.165, 1.54) is 5.56 Å². The summed E-state index contributed by atoms with van der Waals surface area (Å²) in [4.78, 5) is 4.03. The Morgan fingerprint density at radius 2 is 2.17 bits per heavy atom. The van der Waals surface area contributed by atoms with Crippen molar-refractivity contribution in [1.29, 1.82) is 0 Å². The minimum Gasteiger partial charge on any atom is -0.306 e. The predicted octanol–water partition coefficient (Wildman–Crippen LogP) is 2.37. The van der Waals surface area contributed by atoms with Crippen LogP contribution in [0.1, 0.15) is 18.9 Å². The smallest absolute Gasteiger partial charge is 0.0991 e. The van der Waals surface area contributed by atoms with Crippen molar-refractivity contribution in [2.45, 2.75) is 25.9 Å². The molecular formula is C15H17N3. The molecule has 1 atom stereocenters. The van der Waals surface area contributed by atoms with Gasteiger partial charge in [0.2, 0.25) is 0 Å². The zero-order valence-corrected chi connectivity index (χ0v) is 10.5. The van der Waals surface area contributed by atoms with E-state index in [1.807, 2.05) is 10.8 Å². The number of benzene rings is 1. The van der Waals surface area contributed by atoms with Gasteiger partial charge in [0.15, 0.2) is 0 Å². The van der Waals surface area contributed by atoms with Gasteiger partial charge in [-0.1, -0.05) is 25.0 Å². The third kappa shape index (κ3) is 2.99. The maximum Gasteiger partial charge on any atom is 0.0991 e. The van der Waals surface area contributed by atoms with Crippen molar-refractivity contribution < 1.29 is 0 Å². The van der Waals surface area contributed by atoms with Crippen molar-refractivity contribution in [3.05, 3.63) is 48.5 Å². The molecule has 0 spiro atoms. The topological polar surface area (TPSA) is 29.9 Å². The Morgan fingerprint density at radius 3 is 2.72 bits per heavy atom. The predicted molar refractivity (Wildman–Crippen MR) is 73.3 cm³/mol. The van der Waals surface area contributed by atoms with Gasteiger partial charge in [0, 0.05) is 24.6 Å². The first-order chi connectivity index (χ1) is 8.83. The van der Waals surface area contributed by atoms with Crippen LogP contribution in [0.25, 0.3) is 5.69 Å². The van der Waals surface area contributed by atoms with Crippen LogP contribution < -0.4 is 5.32 Å². The highest BCUT2D eigenvalue weighted by Gasteiger charge is 2.01. The normalized spacial score (nSPS) is 12.0. The molecule has 1 N–H and O–H groups in total. The third-order valence-electron chi connectivity index (χ3n) is 2.90. The molecule has 0 saturated heterocycles. The fraction of sp³-hybridized carbons (Fsp3) is 0.267. The first kappa shape index (κ1) is 12.4. The summed E-state index contributed by atoms with van der Waals surface area (Å²) in [5.41, 5.74) is 2.34. The number of aromatic nitrogens is 2. The highest BCUT2D eigenvalue weighted by Crippen LogP contribution is 2.09. The van der Waals surface area contributed by atoms with E-state index in [1.54, 1.807) is 12.5 Å². The van der Waals surface area contributed by atoms with Gasteiger partial charge in [-0.05, 0) is 24.1 Å². The van der Waals surface area contributed by atoms with Gasteiger partial charge in [-0.2, -0.15) is 0 Å². The number of nitrogens with zero attached hydrogens (tertiary/aromatic N) is 2. The van der Waals surface area contributed by atoms with E-state index in [0.29, 0.717) is 0 Å². The summed E-state index contributed by atoms with van der Waals surface area (Å²) in [5, 5.41) is 3.33. The van der Waals surface area contributed by atoms with Gasteiger partial charge in [0.05, 0.1) is 12.4 Å². The van der Waals surface area contributed by atoms with Crippen LogP contribution in [0, 0.1) is 12.3 Å². The molecule has 0 saturated carbocycles. The molecule has 1 unspecified atom stereocenters. The number of rotatable bonds is 5. The minimum atomic E-state index is 0.151. The first-order valence-corrected chi connectivity index (χ1v) is 6.10. The molecule has 2 rings (SSSR count). The van der Waals surface area contributed by atoms with Gasteiger partial charge in [0.25, 0.3) is 0 Å². The summed E-state index contributed by atoms with van der Waals surface area (Å²) in [5.74, 6) is 2.73.